The Morgan fingerprint density at radius 2 is 1.54 bits per heavy atom. The van der Waals surface area contributed by atoms with Crippen LogP contribution in [-0.4, -0.2) is 60.0 Å². The molecule has 13 N–H and O–H groups in total. The van der Waals surface area contributed by atoms with Crippen LogP contribution in [-0.2, 0) is 20.8 Å². The van der Waals surface area contributed by atoms with Gasteiger partial charge in [0.25, 0.3) is 0 Å². The number of carbonyl (C=O) groups excluding carboxylic acids is 3. The first-order valence-electron chi connectivity index (χ1n) is 11.7. The summed E-state index contributed by atoms with van der Waals surface area (Å²) in [6, 6.07) is 0.340. The zero-order valence-corrected chi connectivity index (χ0v) is 20.5. The lowest BCUT2D eigenvalue weighted by molar-refractivity contribution is -0.131. The van der Waals surface area contributed by atoms with Crippen LogP contribution in [0.2, 0.25) is 0 Å². The number of hydrogen-bond acceptors (Lipinski definition) is 7. The number of amides is 3. The molecule has 0 aliphatic rings. The number of carbonyl (C=O) groups is 3. The molecule has 1 aromatic carbocycles. The maximum absolute atomic E-state index is 13.2. The van der Waals surface area contributed by atoms with Crippen molar-refractivity contribution in [1.82, 2.24) is 10.6 Å². The van der Waals surface area contributed by atoms with Crippen LogP contribution in [0.25, 0.3) is 0 Å². The van der Waals surface area contributed by atoms with Crippen molar-refractivity contribution in [3.8, 4) is 5.75 Å². The average Bonchev–Trinajstić information content (AvgIpc) is 2.76. The summed E-state index contributed by atoms with van der Waals surface area (Å²) in [6.07, 6.45) is 2.53. The SMILES string of the molecule is Cc1cc(O)cc(C)c1C[C@@H](NC(=O)[C@@H](N)CCCN=C(N)N)C(=O)N[C@@H](CCCCN)C(N)=O. The summed E-state index contributed by atoms with van der Waals surface area (Å²) in [5.41, 5.74) is 29.9. The number of nitrogens with zero attached hydrogens (tertiary/aromatic N) is 1. The smallest absolute Gasteiger partial charge is 0.243 e. The molecular formula is C23H40N8O4. The fourth-order valence-electron chi connectivity index (χ4n) is 3.69. The monoisotopic (exact) mass is 492 g/mol. The first-order valence-corrected chi connectivity index (χ1v) is 11.7. The second-order valence-corrected chi connectivity index (χ2v) is 8.63. The van der Waals surface area contributed by atoms with Crippen molar-refractivity contribution < 1.29 is 19.5 Å². The molecule has 1 rings (SSSR count). The lowest BCUT2D eigenvalue weighted by Gasteiger charge is -2.24. The van der Waals surface area contributed by atoms with E-state index in [1.54, 1.807) is 26.0 Å². The summed E-state index contributed by atoms with van der Waals surface area (Å²) in [7, 11) is 0. The van der Waals surface area contributed by atoms with Crippen LogP contribution in [0.3, 0.4) is 0 Å². The molecule has 0 saturated carbocycles. The molecule has 0 saturated heterocycles. The number of hydrogen-bond donors (Lipinski definition) is 8. The molecule has 0 radical (unpaired) electrons. The lowest BCUT2D eigenvalue weighted by atomic mass is 9.95. The Morgan fingerprint density at radius 3 is 2.09 bits per heavy atom. The molecular weight excluding hydrogens is 452 g/mol. The summed E-state index contributed by atoms with van der Waals surface area (Å²) in [4.78, 5) is 41.7. The summed E-state index contributed by atoms with van der Waals surface area (Å²) in [5, 5.41) is 15.2. The fourth-order valence-corrected chi connectivity index (χ4v) is 3.69. The molecule has 0 fully saturated rings. The second kappa shape index (κ2) is 14.8. The number of phenolic OH excluding ortho intramolecular Hbond substituents is 1. The van der Waals surface area contributed by atoms with Crippen molar-refractivity contribution >= 4 is 23.7 Å². The van der Waals surface area contributed by atoms with Crippen LogP contribution < -0.4 is 39.3 Å². The van der Waals surface area contributed by atoms with Gasteiger partial charge in [0.2, 0.25) is 17.7 Å². The van der Waals surface area contributed by atoms with Gasteiger partial charge in [0.15, 0.2) is 5.96 Å². The number of rotatable bonds is 15. The predicted molar refractivity (Wildman–Crippen MR) is 135 cm³/mol. The van der Waals surface area contributed by atoms with Gasteiger partial charge in [-0.2, -0.15) is 0 Å². The molecule has 0 aliphatic heterocycles. The van der Waals surface area contributed by atoms with Crippen molar-refractivity contribution in [2.45, 2.75) is 70.5 Å². The van der Waals surface area contributed by atoms with Crippen LogP contribution >= 0.6 is 0 Å². The van der Waals surface area contributed by atoms with Gasteiger partial charge in [0.1, 0.15) is 17.8 Å². The highest BCUT2D eigenvalue weighted by Crippen LogP contribution is 2.22. The minimum absolute atomic E-state index is 0.0464. The number of unbranched alkanes of at least 4 members (excludes halogenated alkanes) is 1. The van der Waals surface area contributed by atoms with E-state index < -0.39 is 35.8 Å². The molecule has 35 heavy (non-hydrogen) atoms. The van der Waals surface area contributed by atoms with E-state index in [-0.39, 0.29) is 18.1 Å². The van der Waals surface area contributed by atoms with Gasteiger partial charge in [-0.15, -0.1) is 0 Å². The van der Waals surface area contributed by atoms with Crippen molar-refractivity contribution in [3.63, 3.8) is 0 Å². The standard InChI is InChI=1S/C23H40N8O4/c1-13-10-15(32)11-14(2)16(13)12-19(22(35)30-18(20(26)33)7-3-4-8-24)31-21(34)17(25)6-5-9-29-23(27)28/h10-11,17-19,32H,3-9,12,24-25H2,1-2H3,(H2,26,33)(H,30,35)(H,31,34)(H4,27,28,29)/t17-,18-,19+/m0/s1. The van der Waals surface area contributed by atoms with E-state index in [9.17, 15) is 19.5 Å². The van der Waals surface area contributed by atoms with E-state index in [2.05, 4.69) is 15.6 Å². The number of nitrogens with two attached hydrogens (primary N) is 5. The number of aryl methyl sites for hydroxylation is 2. The van der Waals surface area contributed by atoms with Gasteiger partial charge in [0, 0.05) is 13.0 Å². The van der Waals surface area contributed by atoms with Crippen molar-refractivity contribution in [2.24, 2.45) is 33.7 Å². The number of benzene rings is 1. The minimum atomic E-state index is -1.02. The number of nitrogens with one attached hydrogen (secondary N) is 2. The molecule has 3 atom stereocenters. The summed E-state index contributed by atoms with van der Waals surface area (Å²) in [6.45, 7) is 4.38. The van der Waals surface area contributed by atoms with Crippen LogP contribution in [0.5, 0.6) is 5.75 Å². The Bertz CT molecular complexity index is 879. The lowest BCUT2D eigenvalue weighted by Crippen LogP contribution is -2.56. The maximum Gasteiger partial charge on any atom is 0.243 e. The van der Waals surface area contributed by atoms with Gasteiger partial charge in [-0.05, 0) is 81.3 Å². The number of aliphatic imine (C=N–C) groups is 1. The van der Waals surface area contributed by atoms with Crippen LogP contribution in [0, 0.1) is 13.8 Å². The molecule has 0 aromatic heterocycles. The highest BCUT2D eigenvalue weighted by Gasteiger charge is 2.28. The molecule has 12 heteroatoms. The summed E-state index contributed by atoms with van der Waals surface area (Å²) in [5.74, 6) is -1.70. The minimum Gasteiger partial charge on any atom is -0.508 e. The molecule has 12 nitrogen and oxygen atoms in total. The largest absolute Gasteiger partial charge is 0.508 e. The van der Waals surface area contributed by atoms with Gasteiger partial charge in [-0.25, -0.2) is 0 Å². The molecule has 0 spiro atoms. The highest BCUT2D eigenvalue weighted by atomic mass is 16.3. The van der Waals surface area contributed by atoms with Crippen molar-refractivity contribution in [3.05, 3.63) is 28.8 Å². The molecule has 0 unspecified atom stereocenters. The van der Waals surface area contributed by atoms with Crippen molar-refractivity contribution in [2.75, 3.05) is 13.1 Å². The molecule has 0 heterocycles. The molecule has 0 aliphatic carbocycles. The molecule has 1 aromatic rings. The van der Waals surface area contributed by atoms with Gasteiger partial charge in [0.05, 0.1) is 6.04 Å². The third-order valence-corrected chi connectivity index (χ3v) is 5.63. The summed E-state index contributed by atoms with van der Waals surface area (Å²) < 4.78 is 0. The Balaban J connectivity index is 3.04. The zero-order valence-electron chi connectivity index (χ0n) is 20.5. The molecule has 0 bridgehead atoms. The van der Waals surface area contributed by atoms with Crippen LogP contribution in [0.1, 0.15) is 48.8 Å². The molecule has 3 amide bonds. The average molecular weight is 493 g/mol. The number of primary amides is 1. The first kappa shape index (κ1) is 29.7. The number of guanidine groups is 1. The quantitative estimate of drug-likeness (QED) is 0.0813. The third kappa shape index (κ3) is 10.6. The van der Waals surface area contributed by atoms with E-state index in [0.717, 1.165) is 16.7 Å². The fraction of sp³-hybridized carbons (Fsp3) is 0.565. The zero-order chi connectivity index (χ0) is 26.5. The normalized spacial score (nSPS) is 13.4. The van der Waals surface area contributed by atoms with E-state index in [0.29, 0.717) is 45.2 Å². The van der Waals surface area contributed by atoms with Crippen LogP contribution in [0.4, 0.5) is 0 Å². The van der Waals surface area contributed by atoms with Gasteiger partial charge >= 0.3 is 0 Å². The van der Waals surface area contributed by atoms with Crippen molar-refractivity contribution in [1.29, 1.82) is 0 Å². The maximum atomic E-state index is 13.2. The molecule has 196 valence electrons. The Labute approximate surface area is 206 Å². The number of aromatic hydroxyl groups is 1. The Kier molecular flexibility index (Phi) is 12.5. The second-order valence-electron chi connectivity index (χ2n) is 8.63. The van der Waals surface area contributed by atoms with Gasteiger partial charge < -0.3 is 44.4 Å². The van der Waals surface area contributed by atoms with Gasteiger partial charge in [-0.1, -0.05) is 0 Å². The number of phenols is 1. The Hall–Kier alpha value is -3.38. The van der Waals surface area contributed by atoms with E-state index in [4.69, 9.17) is 28.7 Å². The Morgan fingerprint density at radius 1 is 0.943 bits per heavy atom. The van der Waals surface area contributed by atoms with Gasteiger partial charge in [-0.3, -0.25) is 19.4 Å². The van der Waals surface area contributed by atoms with E-state index in [1.165, 1.54) is 0 Å². The topological polar surface area (TPSA) is 238 Å². The third-order valence-electron chi connectivity index (χ3n) is 5.63. The first-order chi connectivity index (χ1) is 16.5. The van der Waals surface area contributed by atoms with Crippen LogP contribution in [0.15, 0.2) is 17.1 Å². The highest BCUT2D eigenvalue weighted by molar-refractivity contribution is 5.92. The predicted octanol–water partition coefficient (Wildman–Crippen LogP) is -1.48. The summed E-state index contributed by atoms with van der Waals surface area (Å²) >= 11 is 0. The van der Waals surface area contributed by atoms with E-state index >= 15 is 0 Å². The van der Waals surface area contributed by atoms with E-state index in [1.807, 2.05) is 0 Å².